The molecule has 0 saturated heterocycles. The average Bonchev–Trinajstić information content (AvgIpc) is 2.07. The van der Waals surface area contributed by atoms with E-state index in [1.807, 2.05) is 6.92 Å². The van der Waals surface area contributed by atoms with Crippen LogP contribution in [0.15, 0.2) is 12.1 Å². The minimum absolute atomic E-state index is 0.0376. The van der Waals surface area contributed by atoms with Crippen molar-refractivity contribution in [2.75, 3.05) is 0 Å². The highest BCUT2D eigenvalue weighted by molar-refractivity contribution is 5.47. The van der Waals surface area contributed by atoms with Gasteiger partial charge in [-0.2, -0.15) is 0 Å². The molecule has 0 saturated carbocycles. The summed E-state index contributed by atoms with van der Waals surface area (Å²) in [4.78, 5) is 0. The van der Waals surface area contributed by atoms with Crippen LogP contribution in [0.4, 0.5) is 0 Å². The topological polar surface area (TPSA) is 66.5 Å². The molecule has 1 aromatic rings. The van der Waals surface area contributed by atoms with E-state index in [9.17, 15) is 10.2 Å². The first-order chi connectivity index (χ1) is 6.48. The predicted octanol–water partition coefficient (Wildman–Crippen LogP) is 1.30. The molecule has 0 amide bonds. The normalized spacial score (nSPS) is 25.9. The molecule has 3 heteroatoms. The first kappa shape index (κ1) is 9.34. The fraction of sp³-hybridized carbons (Fsp3) is 0.455. The second-order valence-corrected chi connectivity index (χ2v) is 4.44. The summed E-state index contributed by atoms with van der Waals surface area (Å²) in [6.07, 6.45) is 2.55. The third kappa shape index (κ3) is 1.55. The second-order valence-electron chi connectivity index (χ2n) is 4.44. The van der Waals surface area contributed by atoms with Gasteiger partial charge in [-0.05, 0) is 49.4 Å². The average molecular weight is 193 g/mol. The van der Waals surface area contributed by atoms with Gasteiger partial charge in [-0.3, -0.25) is 0 Å². The highest BCUT2D eigenvalue weighted by atomic mass is 16.3. The minimum atomic E-state index is -0.184. The van der Waals surface area contributed by atoms with Gasteiger partial charge in [0.2, 0.25) is 0 Å². The van der Waals surface area contributed by atoms with Crippen molar-refractivity contribution < 1.29 is 10.2 Å². The Balaban J connectivity index is 2.43. The van der Waals surface area contributed by atoms with Crippen molar-refractivity contribution in [1.29, 1.82) is 0 Å². The summed E-state index contributed by atoms with van der Waals surface area (Å²) >= 11 is 0. The van der Waals surface area contributed by atoms with E-state index in [1.54, 1.807) is 12.1 Å². The van der Waals surface area contributed by atoms with Gasteiger partial charge in [-0.1, -0.05) is 0 Å². The molecule has 2 rings (SSSR count). The number of rotatable bonds is 0. The number of benzene rings is 1. The second kappa shape index (κ2) is 2.89. The maximum Gasteiger partial charge on any atom is 0.157 e. The van der Waals surface area contributed by atoms with Crippen LogP contribution in [0.2, 0.25) is 0 Å². The van der Waals surface area contributed by atoms with E-state index in [0.717, 1.165) is 30.4 Å². The lowest BCUT2D eigenvalue weighted by Crippen LogP contribution is -2.41. The van der Waals surface area contributed by atoms with Gasteiger partial charge in [0, 0.05) is 5.54 Å². The predicted molar refractivity (Wildman–Crippen MR) is 54.4 cm³/mol. The maximum absolute atomic E-state index is 9.35. The number of phenols is 2. The molecule has 76 valence electrons. The summed E-state index contributed by atoms with van der Waals surface area (Å²) in [6.45, 7) is 2.01. The number of aromatic hydroxyl groups is 2. The zero-order valence-corrected chi connectivity index (χ0v) is 8.25. The molecule has 4 N–H and O–H groups in total. The van der Waals surface area contributed by atoms with E-state index in [2.05, 4.69) is 0 Å². The third-order valence-electron chi connectivity index (χ3n) is 2.86. The van der Waals surface area contributed by atoms with Crippen LogP contribution in [0, 0.1) is 0 Å². The molecule has 1 atom stereocenters. The lowest BCUT2D eigenvalue weighted by molar-refractivity contribution is 0.387. The molecular weight excluding hydrogens is 178 g/mol. The Morgan fingerprint density at radius 3 is 2.43 bits per heavy atom. The number of hydrogen-bond acceptors (Lipinski definition) is 3. The molecule has 1 aromatic carbocycles. The van der Waals surface area contributed by atoms with Gasteiger partial charge in [0.05, 0.1) is 0 Å². The first-order valence-electron chi connectivity index (χ1n) is 4.80. The highest BCUT2D eigenvalue weighted by Gasteiger charge is 2.26. The van der Waals surface area contributed by atoms with Crippen LogP contribution < -0.4 is 5.73 Å². The molecule has 0 aromatic heterocycles. The SMILES string of the molecule is CC1(N)CCc2cc(O)c(O)cc2C1. The quantitative estimate of drug-likeness (QED) is 0.544. The van der Waals surface area contributed by atoms with Crippen molar-refractivity contribution in [2.24, 2.45) is 5.73 Å². The molecule has 14 heavy (non-hydrogen) atoms. The lowest BCUT2D eigenvalue weighted by atomic mass is 9.80. The highest BCUT2D eigenvalue weighted by Crippen LogP contribution is 2.34. The van der Waals surface area contributed by atoms with Gasteiger partial charge < -0.3 is 15.9 Å². The summed E-state index contributed by atoms with van der Waals surface area (Å²) in [6, 6.07) is 3.26. The van der Waals surface area contributed by atoms with Gasteiger partial charge in [0.25, 0.3) is 0 Å². The Labute approximate surface area is 83.2 Å². The Morgan fingerprint density at radius 1 is 1.21 bits per heavy atom. The summed E-state index contributed by atoms with van der Waals surface area (Å²) in [7, 11) is 0. The van der Waals surface area contributed by atoms with E-state index in [-0.39, 0.29) is 17.0 Å². The van der Waals surface area contributed by atoms with Crippen molar-refractivity contribution in [1.82, 2.24) is 0 Å². The summed E-state index contributed by atoms with van der Waals surface area (Å²) in [5, 5.41) is 18.7. The minimum Gasteiger partial charge on any atom is -0.504 e. The van der Waals surface area contributed by atoms with Crippen LogP contribution in [0.5, 0.6) is 11.5 Å². The zero-order chi connectivity index (χ0) is 10.3. The number of aryl methyl sites for hydroxylation is 1. The summed E-state index contributed by atoms with van der Waals surface area (Å²) in [5.74, 6) is -0.0918. The molecule has 0 aliphatic heterocycles. The van der Waals surface area contributed by atoms with E-state index < -0.39 is 0 Å². The Bertz CT molecular complexity index is 372. The number of phenolic OH excluding ortho intramolecular Hbond substituents is 2. The van der Waals surface area contributed by atoms with Gasteiger partial charge in [0.15, 0.2) is 11.5 Å². The van der Waals surface area contributed by atoms with Gasteiger partial charge in [-0.25, -0.2) is 0 Å². The van der Waals surface area contributed by atoms with Crippen molar-refractivity contribution in [3.05, 3.63) is 23.3 Å². The van der Waals surface area contributed by atoms with Gasteiger partial charge >= 0.3 is 0 Å². The maximum atomic E-state index is 9.35. The fourth-order valence-electron chi connectivity index (χ4n) is 2.00. The van der Waals surface area contributed by atoms with Crippen molar-refractivity contribution in [3.63, 3.8) is 0 Å². The fourth-order valence-corrected chi connectivity index (χ4v) is 2.00. The Morgan fingerprint density at radius 2 is 1.79 bits per heavy atom. The van der Waals surface area contributed by atoms with Crippen LogP contribution in [-0.4, -0.2) is 15.8 Å². The molecule has 3 nitrogen and oxygen atoms in total. The molecule has 0 bridgehead atoms. The number of hydrogen-bond donors (Lipinski definition) is 3. The lowest BCUT2D eigenvalue weighted by Gasteiger charge is -2.31. The van der Waals surface area contributed by atoms with E-state index in [0.29, 0.717) is 0 Å². The molecular formula is C11H15NO2. The molecule has 1 aliphatic carbocycles. The number of nitrogens with two attached hydrogens (primary N) is 1. The molecule has 1 aliphatic rings. The van der Waals surface area contributed by atoms with E-state index >= 15 is 0 Å². The Hall–Kier alpha value is -1.22. The summed E-state index contributed by atoms with van der Waals surface area (Å²) in [5.41, 5.74) is 8.01. The van der Waals surface area contributed by atoms with Crippen LogP contribution >= 0.6 is 0 Å². The van der Waals surface area contributed by atoms with Crippen molar-refractivity contribution in [2.45, 2.75) is 31.7 Å². The number of fused-ring (bicyclic) bond motifs is 1. The summed E-state index contributed by atoms with van der Waals surface area (Å²) < 4.78 is 0. The van der Waals surface area contributed by atoms with Gasteiger partial charge in [-0.15, -0.1) is 0 Å². The van der Waals surface area contributed by atoms with Crippen LogP contribution in [0.1, 0.15) is 24.5 Å². The molecule has 0 radical (unpaired) electrons. The van der Waals surface area contributed by atoms with E-state index in [4.69, 9.17) is 5.73 Å². The van der Waals surface area contributed by atoms with Crippen LogP contribution in [-0.2, 0) is 12.8 Å². The van der Waals surface area contributed by atoms with Crippen molar-refractivity contribution in [3.8, 4) is 11.5 Å². The van der Waals surface area contributed by atoms with Crippen molar-refractivity contribution >= 4 is 0 Å². The molecule has 0 heterocycles. The molecule has 0 fully saturated rings. The standard InChI is InChI=1S/C11H15NO2/c1-11(12)3-2-7-4-9(13)10(14)5-8(7)6-11/h4-5,13-14H,2-3,6,12H2,1H3. The van der Waals surface area contributed by atoms with E-state index in [1.165, 1.54) is 0 Å². The van der Waals surface area contributed by atoms with Crippen LogP contribution in [0.25, 0.3) is 0 Å². The monoisotopic (exact) mass is 193 g/mol. The Kier molecular flexibility index (Phi) is 1.93. The third-order valence-corrected chi connectivity index (χ3v) is 2.86. The van der Waals surface area contributed by atoms with Gasteiger partial charge in [0.1, 0.15) is 0 Å². The zero-order valence-electron chi connectivity index (χ0n) is 8.25. The molecule has 1 unspecified atom stereocenters. The smallest absolute Gasteiger partial charge is 0.157 e. The molecule has 0 spiro atoms. The van der Waals surface area contributed by atoms with Crippen LogP contribution in [0.3, 0.4) is 0 Å². The first-order valence-corrected chi connectivity index (χ1v) is 4.80. The largest absolute Gasteiger partial charge is 0.504 e.